The fourth-order valence-corrected chi connectivity index (χ4v) is 5.73. The number of ether oxygens (including phenoxy) is 3. The summed E-state index contributed by atoms with van der Waals surface area (Å²) in [5, 5.41) is 1.00. The Morgan fingerprint density at radius 3 is 2.40 bits per heavy atom. The molecule has 1 aliphatic rings. The van der Waals surface area contributed by atoms with Gasteiger partial charge in [-0.05, 0) is 63.1 Å². The van der Waals surface area contributed by atoms with Crippen LogP contribution < -0.4 is 4.74 Å². The third-order valence-electron chi connectivity index (χ3n) is 7.47. The Balaban J connectivity index is 1.74. The van der Waals surface area contributed by atoms with Gasteiger partial charge < -0.3 is 14.2 Å². The normalized spacial score (nSPS) is 16.8. The Bertz CT molecular complexity index is 1500. The first-order chi connectivity index (χ1) is 20.1. The van der Waals surface area contributed by atoms with E-state index >= 15 is 0 Å². The maximum absolute atomic E-state index is 13.1. The van der Waals surface area contributed by atoms with E-state index in [9.17, 15) is 22.8 Å². The van der Waals surface area contributed by atoms with E-state index in [1.54, 1.807) is 57.2 Å². The molecule has 2 aromatic carbocycles. The van der Waals surface area contributed by atoms with Gasteiger partial charge in [-0.2, -0.15) is 13.2 Å². The Morgan fingerprint density at radius 1 is 1.07 bits per heavy atom. The number of aryl methyl sites for hydroxylation is 1. The fourth-order valence-electron chi connectivity index (χ4n) is 5.46. The van der Waals surface area contributed by atoms with Crippen molar-refractivity contribution in [2.24, 2.45) is 0 Å². The molecule has 4 rings (SSSR count). The fraction of sp³-hybridized carbons (Fsp3) is 0.484. The van der Waals surface area contributed by atoms with Crippen molar-refractivity contribution in [3.05, 3.63) is 63.8 Å². The largest absolute Gasteiger partial charge is 0.496 e. The van der Waals surface area contributed by atoms with E-state index in [1.165, 1.54) is 11.7 Å². The van der Waals surface area contributed by atoms with Crippen LogP contribution in [0.5, 0.6) is 5.75 Å². The molecule has 1 aromatic heterocycles. The average Bonchev–Trinajstić information content (AvgIpc) is 3.38. The van der Waals surface area contributed by atoms with Crippen molar-refractivity contribution in [2.75, 3.05) is 40.4 Å². The molecule has 1 atom stereocenters. The molecule has 0 amide bonds. The van der Waals surface area contributed by atoms with Crippen LogP contribution in [-0.2, 0) is 16.0 Å². The van der Waals surface area contributed by atoms with Crippen LogP contribution in [0.3, 0.4) is 0 Å². The molecular formula is C31H37ClF3N3O5. The number of halogens is 4. The molecule has 1 saturated heterocycles. The van der Waals surface area contributed by atoms with Gasteiger partial charge in [-0.3, -0.25) is 14.4 Å². The van der Waals surface area contributed by atoms with Crippen LogP contribution in [0.15, 0.2) is 36.5 Å². The van der Waals surface area contributed by atoms with E-state index in [-0.39, 0.29) is 23.2 Å². The molecule has 3 aromatic rings. The number of alkyl halides is 3. The first-order valence-electron chi connectivity index (χ1n) is 13.9. The van der Waals surface area contributed by atoms with Crippen LogP contribution >= 0.6 is 11.6 Å². The summed E-state index contributed by atoms with van der Waals surface area (Å²) in [5.41, 5.74) is 2.62. The number of aromatic nitrogens is 1. The molecule has 0 bridgehead atoms. The molecular weight excluding hydrogens is 587 g/mol. The number of hydrogen-bond donors (Lipinski definition) is 0. The minimum Gasteiger partial charge on any atom is -0.496 e. The first-order valence-corrected chi connectivity index (χ1v) is 14.3. The van der Waals surface area contributed by atoms with Crippen molar-refractivity contribution >= 4 is 34.6 Å². The summed E-state index contributed by atoms with van der Waals surface area (Å²) in [5.74, 6) is 0.0504. The van der Waals surface area contributed by atoms with Gasteiger partial charge in [0.15, 0.2) is 0 Å². The maximum Gasteiger partial charge on any atom is 0.419 e. The third kappa shape index (κ3) is 7.63. The molecule has 0 spiro atoms. The molecule has 1 unspecified atom stereocenters. The topological polar surface area (TPSA) is 73.2 Å². The van der Waals surface area contributed by atoms with Crippen LogP contribution in [-0.4, -0.2) is 78.6 Å². The van der Waals surface area contributed by atoms with Crippen molar-refractivity contribution < 1.29 is 37.0 Å². The molecule has 8 nitrogen and oxygen atoms in total. The predicted octanol–water partition coefficient (Wildman–Crippen LogP) is 6.99. The van der Waals surface area contributed by atoms with E-state index in [0.717, 1.165) is 22.1 Å². The molecule has 1 aliphatic heterocycles. The summed E-state index contributed by atoms with van der Waals surface area (Å²) in [6, 6.07) is 8.36. The van der Waals surface area contributed by atoms with Crippen molar-refractivity contribution in [2.45, 2.75) is 58.5 Å². The van der Waals surface area contributed by atoms with E-state index in [0.29, 0.717) is 37.4 Å². The first kappa shape index (κ1) is 32.6. The molecule has 0 radical (unpaired) electrons. The number of methoxy groups -OCH3 is 2. The second kappa shape index (κ2) is 12.8. The standard InChI is InChI=1S/C31H37ClF3N3O5/c1-19-15-26(41-5)23(21-9-11-38(27(19)21)29(40)43-30(2,3)4)17-37-14-13-36(12-10-31(33,34)35)18-25(37)20-7-8-22(24(32)16-20)28(39)42-6/h7-9,11,15-16,25H,10,12-14,17-18H2,1-6H3. The van der Waals surface area contributed by atoms with Crippen LogP contribution in [0.2, 0.25) is 5.02 Å². The lowest BCUT2D eigenvalue weighted by Crippen LogP contribution is -2.48. The quantitative estimate of drug-likeness (QED) is 0.263. The summed E-state index contributed by atoms with van der Waals surface area (Å²) in [4.78, 5) is 29.1. The van der Waals surface area contributed by atoms with Crippen molar-refractivity contribution in [1.82, 2.24) is 14.4 Å². The third-order valence-corrected chi connectivity index (χ3v) is 7.78. The number of hydrogen-bond acceptors (Lipinski definition) is 7. The monoisotopic (exact) mass is 623 g/mol. The maximum atomic E-state index is 13.1. The summed E-state index contributed by atoms with van der Waals surface area (Å²) in [6.07, 6.45) is -4.00. The number of rotatable bonds is 7. The van der Waals surface area contributed by atoms with Gasteiger partial charge in [0.2, 0.25) is 0 Å². The second-order valence-corrected chi connectivity index (χ2v) is 12.1. The lowest BCUT2D eigenvalue weighted by Gasteiger charge is -2.42. The smallest absolute Gasteiger partial charge is 0.419 e. The minimum absolute atomic E-state index is 0.126. The summed E-state index contributed by atoms with van der Waals surface area (Å²) < 4.78 is 56.9. The minimum atomic E-state index is -4.26. The Morgan fingerprint density at radius 2 is 1.79 bits per heavy atom. The average molecular weight is 624 g/mol. The van der Waals surface area contributed by atoms with Crippen LogP contribution in [0.25, 0.3) is 10.9 Å². The molecule has 0 saturated carbocycles. The molecule has 43 heavy (non-hydrogen) atoms. The van der Waals surface area contributed by atoms with Crippen LogP contribution in [0.4, 0.5) is 18.0 Å². The van der Waals surface area contributed by atoms with Gasteiger partial charge in [0.25, 0.3) is 0 Å². The van der Waals surface area contributed by atoms with E-state index < -0.39 is 30.3 Å². The number of piperazine rings is 1. The van der Waals surface area contributed by atoms with E-state index in [4.69, 9.17) is 25.8 Å². The van der Waals surface area contributed by atoms with Crippen molar-refractivity contribution in [3.8, 4) is 5.75 Å². The Hall–Kier alpha value is -3.28. The number of carbonyl (C=O) groups excluding carboxylic acids is 2. The second-order valence-electron chi connectivity index (χ2n) is 11.7. The van der Waals surface area contributed by atoms with Crippen LogP contribution in [0.1, 0.15) is 60.3 Å². The summed E-state index contributed by atoms with van der Waals surface area (Å²) >= 11 is 6.46. The molecule has 0 N–H and O–H groups in total. The van der Waals surface area contributed by atoms with E-state index in [1.807, 2.05) is 19.1 Å². The Labute approximate surface area is 254 Å². The van der Waals surface area contributed by atoms with Crippen molar-refractivity contribution in [3.63, 3.8) is 0 Å². The summed E-state index contributed by atoms with van der Waals surface area (Å²) in [6.45, 7) is 8.76. The number of nitrogens with zero attached hydrogens (tertiary/aromatic N) is 3. The zero-order valence-electron chi connectivity index (χ0n) is 25.2. The lowest BCUT2D eigenvalue weighted by molar-refractivity contribution is -0.139. The van der Waals surface area contributed by atoms with Gasteiger partial charge in [0.1, 0.15) is 11.4 Å². The zero-order chi connectivity index (χ0) is 31.7. The highest BCUT2D eigenvalue weighted by molar-refractivity contribution is 6.33. The number of carbonyl (C=O) groups is 2. The van der Waals surface area contributed by atoms with Gasteiger partial charge in [-0.25, -0.2) is 9.59 Å². The van der Waals surface area contributed by atoms with Gasteiger partial charge in [0, 0.05) is 55.9 Å². The molecule has 2 heterocycles. The highest BCUT2D eigenvalue weighted by Gasteiger charge is 2.34. The Kier molecular flexibility index (Phi) is 9.68. The number of fused-ring (bicyclic) bond motifs is 1. The van der Waals surface area contributed by atoms with Gasteiger partial charge in [0.05, 0.1) is 36.7 Å². The number of esters is 1. The van der Waals surface area contributed by atoms with Crippen LogP contribution in [0, 0.1) is 6.92 Å². The van der Waals surface area contributed by atoms with Gasteiger partial charge >= 0.3 is 18.2 Å². The predicted molar refractivity (Wildman–Crippen MR) is 158 cm³/mol. The van der Waals surface area contributed by atoms with Crippen molar-refractivity contribution in [1.29, 1.82) is 0 Å². The highest BCUT2D eigenvalue weighted by atomic mass is 35.5. The summed E-state index contributed by atoms with van der Waals surface area (Å²) in [7, 11) is 2.84. The molecule has 1 fully saturated rings. The highest BCUT2D eigenvalue weighted by Crippen LogP contribution is 2.37. The van der Waals surface area contributed by atoms with Gasteiger partial charge in [-0.1, -0.05) is 17.7 Å². The zero-order valence-corrected chi connectivity index (χ0v) is 25.9. The molecule has 234 valence electrons. The number of benzene rings is 2. The molecule has 0 aliphatic carbocycles. The van der Waals surface area contributed by atoms with E-state index in [2.05, 4.69) is 4.90 Å². The van der Waals surface area contributed by atoms with Gasteiger partial charge in [-0.15, -0.1) is 0 Å². The SMILES string of the molecule is COC(=O)c1ccc(C2CN(CCC(F)(F)F)CCN2Cc2c(OC)cc(C)c3c2ccn3C(=O)OC(C)(C)C)cc1Cl. The lowest BCUT2D eigenvalue weighted by atomic mass is 9.98. The molecule has 12 heteroatoms.